The Balaban J connectivity index is 2.03. The minimum Gasteiger partial charge on any atom is -0.330 e. The van der Waals surface area contributed by atoms with Gasteiger partial charge in [-0.05, 0) is 49.6 Å². The molecule has 0 saturated heterocycles. The van der Waals surface area contributed by atoms with Gasteiger partial charge in [0.1, 0.15) is 0 Å². The van der Waals surface area contributed by atoms with Crippen molar-refractivity contribution in [2.75, 3.05) is 6.54 Å². The van der Waals surface area contributed by atoms with Crippen molar-refractivity contribution in [2.24, 2.45) is 11.7 Å². The molecule has 4 unspecified atom stereocenters. The number of hydrogen-bond donors (Lipinski definition) is 1. The molecule has 1 saturated carbocycles. The molecule has 0 spiro atoms. The lowest BCUT2D eigenvalue weighted by Gasteiger charge is -2.36. The van der Waals surface area contributed by atoms with E-state index in [2.05, 4.69) is 55.9 Å². The highest BCUT2D eigenvalue weighted by atomic mass is 32.2. The summed E-state index contributed by atoms with van der Waals surface area (Å²) in [6.45, 7) is 5.49. The summed E-state index contributed by atoms with van der Waals surface area (Å²) in [7, 11) is 0. The molecular weight excluding hydrogens is 250 g/mol. The molecule has 1 aromatic carbocycles. The first-order valence-electron chi connectivity index (χ1n) is 7.65. The van der Waals surface area contributed by atoms with Crippen LogP contribution in [0, 0.1) is 5.92 Å². The Kier molecular flexibility index (Phi) is 5.77. The van der Waals surface area contributed by atoms with Gasteiger partial charge in [0.05, 0.1) is 0 Å². The smallest absolute Gasteiger partial charge is 0.00958 e. The Morgan fingerprint density at radius 3 is 2.63 bits per heavy atom. The van der Waals surface area contributed by atoms with E-state index in [-0.39, 0.29) is 0 Å². The minimum absolute atomic E-state index is 0.721. The van der Waals surface area contributed by atoms with E-state index in [0.717, 1.165) is 28.9 Å². The zero-order chi connectivity index (χ0) is 13.7. The van der Waals surface area contributed by atoms with E-state index in [4.69, 9.17) is 5.73 Å². The third-order valence-corrected chi connectivity index (χ3v) is 6.21. The summed E-state index contributed by atoms with van der Waals surface area (Å²) in [5.41, 5.74) is 7.50. The summed E-state index contributed by atoms with van der Waals surface area (Å²) in [4.78, 5) is 0. The highest BCUT2D eigenvalue weighted by Crippen LogP contribution is 2.42. The van der Waals surface area contributed by atoms with Crippen LogP contribution in [0.1, 0.15) is 51.0 Å². The van der Waals surface area contributed by atoms with Crippen LogP contribution in [-0.2, 0) is 0 Å². The van der Waals surface area contributed by atoms with Gasteiger partial charge >= 0.3 is 0 Å². The van der Waals surface area contributed by atoms with Gasteiger partial charge in [-0.3, -0.25) is 0 Å². The van der Waals surface area contributed by atoms with Crippen molar-refractivity contribution >= 4 is 11.8 Å². The standard InChI is InChI=1S/C17H27NS/c1-3-13(2)19-17-11-15(9-10-16(17)12-18)14-7-5-4-6-8-14/h4-8,13,15-17H,3,9-12,18H2,1-2H3. The van der Waals surface area contributed by atoms with E-state index in [0.29, 0.717) is 0 Å². The molecule has 1 nitrogen and oxygen atoms in total. The molecule has 4 atom stereocenters. The van der Waals surface area contributed by atoms with Gasteiger partial charge in [0, 0.05) is 10.5 Å². The quantitative estimate of drug-likeness (QED) is 0.861. The molecule has 106 valence electrons. The fraction of sp³-hybridized carbons (Fsp3) is 0.647. The van der Waals surface area contributed by atoms with Crippen LogP contribution in [-0.4, -0.2) is 17.0 Å². The number of rotatable bonds is 5. The molecule has 1 aliphatic rings. The summed E-state index contributed by atoms with van der Waals surface area (Å²) in [6, 6.07) is 11.0. The summed E-state index contributed by atoms with van der Waals surface area (Å²) >= 11 is 2.17. The molecule has 2 N–H and O–H groups in total. The maximum Gasteiger partial charge on any atom is 0.00958 e. The first-order chi connectivity index (χ1) is 9.24. The Hall–Kier alpha value is -0.470. The van der Waals surface area contributed by atoms with Gasteiger partial charge in [0.2, 0.25) is 0 Å². The van der Waals surface area contributed by atoms with E-state index in [1.54, 1.807) is 0 Å². The predicted octanol–water partition coefficient (Wildman–Crippen LogP) is 4.43. The van der Waals surface area contributed by atoms with Crippen LogP contribution < -0.4 is 5.73 Å². The summed E-state index contributed by atoms with van der Waals surface area (Å²) in [5.74, 6) is 1.46. The molecule has 0 aliphatic heterocycles. The van der Waals surface area contributed by atoms with Crippen LogP contribution in [0.2, 0.25) is 0 Å². The molecule has 1 fully saturated rings. The van der Waals surface area contributed by atoms with Crippen LogP contribution >= 0.6 is 11.8 Å². The summed E-state index contributed by atoms with van der Waals surface area (Å²) in [5, 5.41) is 1.51. The number of benzene rings is 1. The zero-order valence-corrected chi connectivity index (χ0v) is 13.0. The lowest BCUT2D eigenvalue weighted by Crippen LogP contribution is -2.32. The monoisotopic (exact) mass is 277 g/mol. The van der Waals surface area contributed by atoms with E-state index >= 15 is 0 Å². The normalized spacial score (nSPS) is 29.1. The largest absolute Gasteiger partial charge is 0.330 e. The second kappa shape index (κ2) is 7.35. The third kappa shape index (κ3) is 4.00. The number of nitrogens with two attached hydrogens (primary N) is 1. The zero-order valence-electron chi connectivity index (χ0n) is 12.2. The maximum absolute atomic E-state index is 5.98. The number of hydrogen-bond acceptors (Lipinski definition) is 2. The second-order valence-corrected chi connectivity index (χ2v) is 7.49. The summed E-state index contributed by atoms with van der Waals surface area (Å²) < 4.78 is 0. The fourth-order valence-corrected chi connectivity index (χ4v) is 4.65. The Bertz CT molecular complexity index is 365. The van der Waals surface area contributed by atoms with Gasteiger partial charge < -0.3 is 5.73 Å². The number of thioether (sulfide) groups is 1. The molecule has 2 heteroatoms. The molecule has 1 aromatic rings. The predicted molar refractivity (Wildman–Crippen MR) is 86.7 cm³/mol. The Morgan fingerprint density at radius 2 is 2.00 bits per heavy atom. The van der Waals surface area contributed by atoms with Crippen molar-refractivity contribution in [1.82, 2.24) is 0 Å². The van der Waals surface area contributed by atoms with Crippen LogP contribution in [0.5, 0.6) is 0 Å². The van der Waals surface area contributed by atoms with Crippen molar-refractivity contribution in [3.8, 4) is 0 Å². The summed E-state index contributed by atoms with van der Waals surface area (Å²) in [6.07, 6.45) is 5.17. The van der Waals surface area contributed by atoms with Gasteiger partial charge in [-0.15, -0.1) is 0 Å². The van der Waals surface area contributed by atoms with Crippen molar-refractivity contribution in [3.63, 3.8) is 0 Å². The van der Waals surface area contributed by atoms with Gasteiger partial charge in [-0.1, -0.05) is 44.2 Å². The van der Waals surface area contributed by atoms with Gasteiger partial charge in [-0.2, -0.15) is 11.8 Å². The van der Waals surface area contributed by atoms with Crippen molar-refractivity contribution in [1.29, 1.82) is 0 Å². The highest BCUT2D eigenvalue weighted by Gasteiger charge is 2.31. The third-order valence-electron chi connectivity index (χ3n) is 4.48. The van der Waals surface area contributed by atoms with Crippen molar-refractivity contribution < 1.29 is 0 Å². The highest BCUT2D eigenvalue weighted by molar-refractivity contribution is 8.00. The van der Waals surface area contributed by atoms with E-state index in [9.17, 15) is 0 Å². The molecule has 1 aliphatic carbocycles. The minimum atomic E-state index is 0.721. The van der Waals surface area contributed by atoms with Crippen LogP contribution in [0.4, 0.5) is 0 Å². The molecule has 19 heavy (non-hydrogen) atoms. The SMILES string of the molecule is CCC(C)SC1CC(c2ccccc2)CCC1CN. The topological polar surface area (TPSA) is 26.0 Å². The van der Waals surface area contributed by atoms with Crippen LogP contribution in [0.15, 0.2) is 30.3 Å². The van der Waals surface area contributed by atoms with E-state index in [1.807, 2.05) is 0 Å². The van der Waals surface area contributed by atoms with Gasteiger partial charge in [0.15, 0.2) is 0 Å². The lowest BCUT2D eigenvalue weighted by atomic mass is 9.78. The van der Waals surface area contributed by atoms with Crippen molar-refractivity contribution in [2.45, 2.75) is 55.9 Å². The van der Waals surface area contributed by atoms with E-state index in [1.165, 1.54) is 31.2 Å². The maximum atomic E-state index is 5.98. The average Bonchev–Trinajstić information content (AvgIpc) is 2.48. The fourth-order valence-electron chi connectivity index (χ4n) is 3.05. The van der Waals surface area contributed by atoms with Gasteiger partial charge in [-0.25, -0.2) is 0 Å². The molecule has 0 aromatic heterocycles. The molecule has 0 bridgehead atoms. The molecule has 0 radical (unpaired) electrons. The second-order valence-electron chi connectivity index (χ2n) is 5.81. The molecule has 2 rings (SSSR count). The molecule has 0 amide bonds. The average molecular weight is 277 g/mol. The van der Waals surface area contributed by atoms with E-state index < -0.39 is 0 Å². The lowest BCUT2D eigenvalue weighted by molar-refractivity contribution is 0.343. The Morgan fingerprint density at radius 1 is 1.26 bits per heavy atom. The Labute approximate surface area is 122 Å². The van der Waals surface area contributed by atoms with Crippen LogP contribution in [0.25, 0.3) is 0 Å². The van der Waals surface area contributed by atoms with Crippen molar-refractivity contribution in [3.05, 3.63) is 35.9 Å². The first kappa shape index (κ1) is 14.9. The molecule has 0 heterocycles. The van der Waals surface area contributed by atoms with Gasteiger partial charge in [0.25, 0.3) is 0 Å². The first-order valence-corrected chi connectivity index (χ1v) is 8.59. The van der Waals surface area contributed by atoms with Crippen LogP contribution in [0.3, 0.4) is 0 Å². The molecular formula is C17H27NS.